The average molecular weight is 570 g/mol. The van der Waals surface area contributed by atoms with Crippen LogP contribution in [0.4, 0.5) is 19.8 Å². The Morgan fingerprint density at radius 3 is 2.54 bits per heavy atom. The van der Waals surface area contributed by atoms with Gasteiger partial charge in [0.05, 0.1) is 24.3 Å². The summed E-state index contributed by atoms with van der Waals surface area (Å²) in [7, 11) is 0. The quantitative estimate of drug-likeness (QED) is 0.147. The van der Waals surface area contributed by atoms with Crippen molar-refractivity contribution in [2.75, 3.05) is 18.5 Å². The Kier molecular flexibility index (Phi) is 10.7. The highest BCUT2D eigenvalue weighted by Crippen LogP contribution is 2.47. The zero-order chi connectivity index (χ0) is 30.1. The van der Waals surface area contributed by atoms with Crippen LogP contribution in [0.5, 0.6) is 5.75 Å². The molecule has 0 saturated heterocycles. The molecule has 13 heteroatoms. The zero-order valence-electron chi connectivity index (χ0n) is 22.9. The summed E-state index contributed by atoms with van der Waals surface area (Å²) in [6.07, 6.45) is 0.706. The van der Waals surface area contributed by atoms with E-state index in [0.29, 0.717) is 12.0 Å². The number of carbonyl (C=O) groups excluding carboxylic acids is 4. The van der Waals surface area contributed by atoms with Gasteiger partial charge in [0.15, 0.2) is 11.5 Å². The van der Waals surface area contributed by atoms with Gasteiger partial charge in [-0.1, -0.05) is 20.8 Å². The number of Topliss-reactive ketones (excluding diaryl/α,β-unsaturated/α-hetero) is 1. The summed E-state index contributed by atoms with van der Waals surface area (Å²) < 4.78 is 30.5. The van der Waals surface area contributed by atoms with E-state index in [2.05, 4.69) is 15.6 Å². The fourth-order valence-electron chi connectivity index (χ4n) is 3.84. The van der Waals surface area contributed by atoms with Gasteiger partial charge in [-0.25, -0.2) is 19.0 Å². The molecule has 2 amide bonds. The van der Waals surface area contributed by atoms with Crippen molar-refractivity contribution in [3.63, 3.8) is 0 Å². The van der Waals surface area contributed by atoms with E-state index in [1.54, 1.807) is 20.8 Å². The van der Waals surface area contributed by atoms with Gasteiger partial charge >= 0.3 is 18.2 Å². The average Bonchev–Trinajstić information content (AvgIpc) is 3.70. The summed E-state index contributed by atoms with van der Waals surface area (Å²) in [6, 6.07) is 5.35. The smallest absolute Gasteiger partial charge is 0.464 e. The van der Waals surface area contributed by atoms with Crippen molar-refractivity contribution in [3.05, 3.63) is 53.0 Å². The largest absolute Gasteiger partial charge is 0.513 e. The third kappa shape index (κ3) is 8.46. The minimum Gasteiger partial charge on any atom is -0.464 e. The number of rotatable bonds is 12. The summed E-state index contributed by atoms with van der Waals surface area (Å²) in [5.41, 5.74) is 6.03. The first-order chi connectivity index (χ1) is 19.5. The van der Waals surface area contributed by atoms with E-state index in [1.165, 1.54) is 24.4 Å². The number of nitrogens with one attached hydrogen (secondary N) is 2. The number of hydrogen-bond acceptors (Lipinski definition) is 10. The predicted molar refractivity (Wildman–Crippen MR) is 144 cm³/mol. The van der Waals surface area contributed by atoms with Gasteiger partial charge in [-0.2, -0.15) is 5.26 Å². The van der Waals surface area contributed by atoms with Gasteiger partial charge in [-0.05, 0) is 36.6 Å². The number of anilines is 1. The van der Waals surface area contributed by atoms with Crippen molar-refractivity contribution in [2.24, 2.45) is 11.7 Å². The van der Waals surface area contributed by atoms with Crippen LogP contribution in [0.2, 0.25) is 0 Å². The van der Waals surface area contributed by atoms with E-state index in [0.717, 1.165) is 6.07 Å². The van der Waals surface area contributed by atoms with Crippen molar-refractivity contribution < 1.29 is 37.8 Å². The van der Waals surface area contributed by atoms with Crippen LogP contribution in [0.3, 0.4) is 0 Å². The van der Waals surface area contributed by atoms with Gasteiger partial charge in [0, 0.05) is 36.6 Å². The summed E-state index contributed by atoms with van der Waals surface area (Å²) in [5.74, 6) is -2.38. The van der Waals surface area contributed by atoms with Gasteiger partial charge in [0.2, 0.25) is 0 Å². The molecule has 218 valence electrons. The Hall–Kier alpha value is -4.57. The molecule has 0 bridgehead atoms. The predicted octanol–water partition coefficient (Wildman–Crippen LogP) is 3.79. The lowest BCUT2D eigenvalue weighted by Crippen LogP contribution is -2.37. The molecule has 2 aromatic rings. The molecule has 0 aliphatic heterocycles. The molecule has 0 radical (unpaired) electrons. The fraction of sp³-hybridized carbons (Fsp3) is 0.429. The summed E-state index contributed by atoms with van der Waals surface area (Å²) in [4.78, 5) is 53.2. The number of nitrogens with two attached hydrogens (primary N) is 1. The van der Waals surface area contributed by atoms with Crippen molar-refractivity contribution in [1.29, 1.82) is 5.26 Å². The molecular formula is C28H32FN5O7. The van der Waals surface area contributed by atoms with E-state index in [1.807, 2.05) is 6.07 Å². The lowest BCUT2D eigenvalue weighted by Gasteiger charge is -2.16. The molecule has 1 aromatic carbocycles. The van der Waals surface area contributed by atoms with E-state index >= 15 is 4.39 Å². The van der Waals surface area contributed by atoms with Gasteiger partial charge in [-0.15, -0.1) is 0 Å². The maximum absolute atomic E-state index is 15.1. The number of amides is 2. The highest BCUT2D eigenvalue weighted by atomic mass is 19.1. The van der Waals surface area contributed by atoms with Crippen molar-refractivity contribution in [2.45, 2.75) is 58.0 Å². The monoisotopic (exact) mass is 569 g/mol. The number of halogens is 1. The summed E-state index contributed by atoms with van der Waals surface area (Å²) in [5, 5.41) is 14.1. The molecule has 0 spiro atoms. The third-order valence-corrected chi connectivity index (χ3v) is 6.31. The fourth-order valence-corrected chi connectivity index (χ4v) is 3.84. The van der Waals surface area contributed by atoms with E-state index in [9.17, 15) is 19.2 Å². The van der Waals surface area contributed by atoms with Crippen LogP contribution in [-0.4, -0.2) is 54.2 Å². The van der Waals surface area contributed by atoms with Crippen LogP contribution >= 0.6 is 0 Å². The van der Waals surface area contributed by atoms with Gasteiger partial charge in [0.1, 0.15) is 23.7 Å². The topological polar surface area (TPSA) is 183 Å². The normalized spacial score (nSPS) is 16.2. The number of ketones is 1. The van der Waals surface area contributed by atoms with E-state index in [4.69, 9.17) is 25.2 Å². The van der Waals surface area contributed by atoms with Crippen molar-refractivity contribution in [3.8, 4) is 11.8 Å². The Morgan fingerprint density at radius 1 is 1.17 bits per heavy atom. The maximum atomic E-state index is 15.1. The molecule has 3 rings (SSSR count). The second-order valence-corrected chi connectivity index (χ2v) is 9.70. The molecule has 41 heavy (non-hydrogen) atoms. The highest BCUT2D eigenvalue weighted by Gasteiger charge is 2.44. The summed E-state index contributed by atoms with van der Waals surface area (Å²) in [6.45, 7) is 4.98. The van der Waals surface area contributed by atoms with Crippen LogP contribution in [0, 0.1) is 23.1 Å². The first-order valence-corrected chi connectivity index (χ1v) is 13.1. The number of carbonyl (C=O) groups is 4. The molecule has 1 aromatic heterocycles. The highest BCUT2D eigenvalue weighted by molar-refractivity contribution is 5.99. The van der Waals surface area contributed by atoms with Crippen LogP contribution in [-0.2, 0) is 14.3 Å². The van der Waals surface area contributed by atoms with Crippen LogP contribution in [0.15, 0.2) is 30.5 Å². The SMILES string of the molecule is CCC(=O)c1ccc(F)c(C2CC2NC(=O)Nc2ccc(C#N)cn2)c1OC(=O)OCCCOC(=O)[C@@H](N)C(C)C. The lowest BCUT2D eigenvalue weighted by atomic mass is 10.00. The molecule has 1 heterocycles. The third-order valence-electron chi connectivity index (χ3n) is 6.31. The number of pyridine rings is 1. The molecule has 1 aliphatic rings. The second kappa shape index (κ2) is 14.2. The molecule has 4 N–H and O–H groups in total. The van der Waals surface area contributed by atoms with E-state index < -0.39 is 42.0 Å². The Bertz CT molecular complexity index is 1330. The zero-order valence-corrected chi connectivity index (χ0v) is 22.9. The van der Waals surface area contributed by atoms with Crippen LogP contribution < -0.4 is 21.1 Å². The van der Waals surface area contributed by atoms with Gasteiger partial charge in [-0.3, -0.25) is 14.9 Å². The number of esters is 1. The Morgan fingerprint density at radius 2 is 1.90 bits per heavy atom. The molecule has 12 nitrogen and oxygen atoms in total. The van der Waals surface area contributed by atoms with Gasteiger partial charge in [0.25, 0.3) is 0 Å². The van der Waals surface area contributed by atoms with Crippen molar-refractivity contribution in [1.82, 2.24) is 10.3 Å². The molecule has 1 fully saturated rings. The number of nitrogens with zero attached hydrogens (tertiary/aromatic N) is 2. The minimum absolute atomic E-state index is 0.00865. The molecule has 3 atom stereocenters. The number of benzene rings is 1. The number of ether oxygens (including phenoxy) is 3. The Labute approximate surface area is 236 Å². The molecular weight excluding hydrogens is 537 g/mol. The molecule has 1 aliphatic carbocycles. The maximum Gasteiger partial charge on any atom is 0.513 e. The van der Waals surface area contributed by atoms with E-state index in [-0.39, 0.29) is 60.5 Å². The van der Waals surface area contributed by atoms with Crippen LogP contribution in [0.1, 0.15) is 67.4 Å². The minimum atomic E-state index is -1.16. The van der Waals surface area contributed by atoms with Gasteiger partial charge < -0.3 is 25.3 Å². The lowest BCUT2D eigenvalue weighted by molar-refractivity contribution is -0.146. The molecule has 2 unspecified atom stereocenters. The van der Waals surface area contributed by atoms with Crippen LogP contribution in [0.25, 0.3) is 0 Å². The summed E-state index contributed by atoms with van der Waals surface area (Å²) >= 11 is 0. The first-order valence-electron chi connectivity index (χ1n) is 13.1. The standard InChI is InChI=1S/C28H32FN5O7/c1-4-21(35)17-7-8-19(29)23(18-12-20(18)33-27(37)34-22-9-6-16(13-30)14-32-22)25(17)41-28(38)40-11-5-10-39-26(36)24(31)15(2)3/h6-9,14-15,18,20,24H,4-5,10-12,31H2,1-3H3,(H2,32,33,34,37)/t18?,20?,24-/m0/s1. The number of urea groups is 1. The first kappa shape index (κ1) is 31.0. The Balaban J connectivity index is 1.63. The number of hydrogen-bond donors (Lipinski definition) is 3. The van der Waals surface area contributed by atoms with Crippen molar-refractivity contribution >= 4 is 29.8 Å². The second-order valence-electron chi connectivity index (χ2n) is 9.70. The number of aromatic nitrogens is 1. The number of nitriles is 1. The molecule has 1 saturated carbocycles.